The second-order valence-corrected chi connectivity index (χ2v) is 13.0. The smallest absolute Gasteiger partial charge is 0.410 e. The second-order valence-electron chi connectivity index (χ2n) is 13.0. The number of ether oxygens (including phenoxy) is 1. The van der Waals surface area contributed by atoms with E-state index in [2.05, 4.69) is 75.8 Å². The van der Waals surface area contributed by atoms with Crippen LogP contribution in [0, 0.1) is 0 Å². The molecule has 2 saturated carbocycles. The van der Waals surface area contributed by atoms with Crippen molar-refractivity contribution < 1.29 is 9.53 Å². The van der Waals surface area contributed by atoms with Crippen LogP contribution in [0.2, 0.25) is 0 Å². The second kappa shape index (κ2) is 12.0. The number of carbonyl (C=O) groups excluding carboxylic acids is 1. The van der Waals surface area contributed by atoms with Crippen LogP contribution in [-0.4, -0.2) is 76.7 Å². The Labute approximate surface area is 235 Å². The lowest BCUT2D eigenvalue weighted by molar-refractivity contribution is 0.0257. The largest absolute Gasteiger partial charge is 0.444 e. The lowest BCUT2D eigenvalue weighted by Gasteiger charge is -2.29. The highest BCUT2D eigenvalue weighted by molar-refractivity contribution is 5.68. The third-order valence-electron chi connectivity index (χ3n) is 8.89. The van der Waals surface area contributed by atoms with Gasteiger partial charge in [-0.15, -0.1) is 0 Å². The van der Waals surface area contributed by atoms with E-state index >= 15 is 0 Å². The van der Waals surface area contributed by atoms with Gasteiger partial charge in [-0.05, 0) is 77.0 Å². The summed E-state index contributed by atoms with van der Waals surface area (Å²) in [7, 11) is 0. The molecule has 0 radical (unpaired) electrons. The minimum atomic E-state index is -0.426. The van der Waals surface area contributed by atoms with Crippen LogP contribution in [0.15, 0.2) is 60.7 Å². The molecule has 6 rings (SSSR count). The molecule has 2 aliphatic heterocycles. The van der Waals surface area contributed by atoms with Crippen molar-refractivity contribution in [3.8, 4) is 0 Å². The molecule has 1 N–H and O–H groups in total. The zero-order valence-electron chi connectivity index (χ0n) is 24.3. The van der Waals surface area contributed by atoms with E-state index in [-0.39, 0.29) is 6.09 Å². The molecular weight excluding hydrogens is 484 g/mol. The van der Waals surface area contributed by atoms with Gasteiger partial charge in [0, 0.05) is 56.9 Å². The summed E-state index contributed by atoms with van der Waals surface area (Å²) in [5.41, 5.74) is 3.25. The minimum absolute atomic E-state index is 0.171. The van der Waals surface area contributed by atoms with Crippen LogP contribution in [0.5, 0.6) is 0 Å². The summed E-state index contributed by atoms with van der Waals surface area (Å²) in [5.74, 6) is 0. The molecule has 39 heavy (non-hydrogen) atoms. The number of amides is 1. The maximum absolute atomic E-state index is 12.3. The lowest BCUT2D eigenvalue weighted by Crippen LogP contribution is -2.39. The van der Waals surface area contributed by atoms with Crippen LogP contribution in [-0.2, 0) is 17.8 Å². The number of hydrogen-bond donors (Lipinski definition) is 1. The van der Waals surface area contributed by atoms with Crippen molar-refractivity contribution in [3.63, 3.8) is 0 Å². The van der Waals surface area contributed by atoms with E-state index in [1.165, 1.54) is 56.3 Å². The van der Waals surface area contributed by atoms with Gasteiger partial charge in [0.15, 0.2) is 0 Å². The molecule has 0 bridgehead atoms. The quantitative estimate of drug-likeness (QED) is 0.549. The van der Waals surface area contributed by atoms with E-state index in [9.17, 15) is 4.79 Å². The van der Waals surface area contributed by atoms with Crippen molar-refractivity contribution in [1.82, 2.24) is 20.0 Å². The molecule has 2 spiro atoms. The summed E-state index contributed by atoms with van der Waals surface area (Å²) in [5, 5.41) is 3.52. The average Bonchev–Trinajstić information content (AvgIpc) is 3.84. The van der Waals surface area contributed by atoms with E-state index < -0.39 is 5.60 Å². The van der Waals surface area contributed by atoms with E-state index in [0.717, 1.165) is 45.7 Å². The summed E-state index contributed by atoms with van der Waals surface area (Å²) in [6.45, 7) is 13.9. The molecule has 6 nitrogen and oxygen atoms in total. The van der Waals surface area contributed by atoms with Gasteiger partial charge in [0.05, 0.1) is 0 Å². The molecule has 6 heteroatoms. The highest BCUT2D eigenvalue weighted by Crippen LogP contribution is 2.47. The van der Waals surface area contributed by atoms with Crippen molar-refractivity contribution in [1.29, 1.82) is 0 Å². The molecule has 1 amide bonds. The Morgan fingerprint density at radius 1 is 0.718 bits per heavy atom. The first-order valence-electron chi connectivity index (χ1n) is 15.0. The van der Waals surface area contributed by atoms with Crippen LogP contribution in [0.1, 0.15) is 70.4 Å². The van der Waals surface area contributed by atoms with Gasteiger partial charge >= 0.3 is 6.09 Å². The van der Waals surface area contributed by atoms with Crippen LogP contribution in [0.3, 0.4) is 0 Å². The third kappa shape index (κ3) is 7.62. The number of benzene rings is 2. The fraction of sp³-hybridized carbons (Fsp3) is 0.606. The maximum atomic E-state index is 12.3. The van der Waals surface area contributed by atoms with E-state index in [1.54, 1.807) is 0 Å². The zero-order valence-corrected chi connectivity index (χ0v) is 24.3. The monoisotopic (exact) mass is 532 g/mol. The van der Waals surface area contributed by atoms with Crippen LogP contribution >= 0.6 is 0 Å². The Morgan fingerprint density at radius 3 is 1.79 bits per heavy atom. The van der Waals surface area contributed by atoms with Crippen molar-refractivity contribution in [2.24, 2.45) is 0 Å². The summed E-state index contributed by atoms with van der Waals surface area (Å²) < 4.78 is 5.54. The van der Waals surface area contributed by atoms with Crippen molar-refractivity contribution in [3.05, 3.63) is 71.8 Å². The van der Waals surface area contributed by atoms with Crippen molar-refractivity contribution in [2.75, 3.05) is 39.3 Å². The first-order chi connectivity index (χ1) is 18.8. The molecule has 2 aromatic rings. The maximum Gasteiger partial charge on any atom is 0.410 e. The summed E-state index contributed by atoms with van der Waals surface area (Å²) in [4.78, 5) is 19.5. The Balaban J connectivity index is 0.000000168. The number of nitrogens with one attached hydrogen (secondary N) is 1. The Hall–Kier alpha value is -2.41. The Morgan fingerprint density at radius 2 is 1.26 bits per heavy atom. The molecule has 0 unspecified atom stereocenters. The first kappa shape index (κ1) is 28.1. The van der Waals surface area contributed by atoms with E-state index in [0.29, 0.717) is 11.1 Å². The predicted octanol–water partition coefficient (Wildman–Crippen LogP) is 5.68. The van der Waals surface area contributed by atoms with E-state index in [1.807, 2.05) is 25.7 Å². The SMILES string of the molecule is CC(C)(C)OC(=O)N1CCN(Cc2ccccc2)C2(CC1)CC2.c1ccc(CN2CCNCCC23CC3)cc1. The molecule has 2 saturated heterocycles. The Bertz CT molecular complexity index is 1060. The highest BCUT2D eigenvalue weighted by Gasteiger charge is 2.49. The molecule has 2 aliphatic carbocycles. The number of nitrogens with zero attached hydrogens (tertiary/aromatic N) is 3. The molecule has 4 fully saturated rings. The molecule has 4 aliphatic rings. The molecule has 212 valence electrons. The first-order valence-corrected chi connectivity index (χ1v) is 15.0. The van der Waals surface area contributed by atoms with Crippen molar-refractivity contribution >= 4 is 6.09 Å². The van der Waals surface area contributed by atoms with Gasteiger partial charge < -0.3 is 15.0 Å². The number of hydrogen-bond acceptors (Lipinski definition) is 5. The summed E-state index contributed by atoms with van der Waals surface area (Å²) in [6.07, 6.45) is 7.53. The normalized spacial score (nSPS) is 22.4. The van der Waals surface area contributed by atoms with Crippen LogP contribution in [0.25, 0.3) is 0 Å². The fourth-order valence-electron chi connectivity index (χ4n) is 6.18. The van der Waals surface area contributed by atoms with Gasteiger partial charge in [0.25, 0.3) is 0 Å². The fourth-order valence-corrected chi connectivity index (χ4v) is 6.18. The van der Waals surface area contributed by atoms with Gasteiger partial charge in [0.1, 0.15) is 5.60 Å². The standard InChI is InChI=1S/C19H28N2O2.C14H20N2/c1-18(2,3)23-17(22)20-12-11-19(9-10-19)21(14-13-20)15-16-7-5-4-6-8-16;1-2-4-13(5-3-1)12-16-11-10-15-9-8-14(16)6-7-14/h4-8H,9-15H2,1-3H3;1-5,15H,6-12H2. The molecular formula is C33H48N4O2. The minimum Gasteiger partial charge on any atom is -0.444 e. The summed E-state index contributed by atoms with van der Waals surface area (Å²) >= 11 is 0. The lowest BCUT2D eigenvalue weighted by atomic mass is 10.1. The predicted molar refractivity (Wildman–Crippen MR) is 158 cm³/mol. The molecule has 2 heterocycles. The van der Waals surface area contributed by atoms with Crippen LogP contribution in [0.4, 0.5) is 4.79 Å². The van der Waals surface area contributed by atoms with Gasteiger partial charge in [0.2, 0.25) is 0 Å². The van der Waals surface area contributed by atoms with Gasteiger partial charge in [-0.2, -0.15) is 0 Å². The Kier molecular flexibility index (Phi) is 8.65. The number of carbonyl (C=O) groups is 1. The highest BCUT2D eigenvalue weighted by atomic mass is 16.6. The van der Waals surface area contributed by atoms with Gasteiger partial charge in [-0.3, -0.25) is 9.80 Å². The van der Waals surface area contributed by atoms with Crippen LogP contribution < -0.4 is 5.32 Å². The van der Waals surface area contributed by atoms with E-state index in [4.69, 9.17) is 4.74 Å². The molecule has 2 aromatic carbocycles. The van der Waals surface area contributed by atoms with Gasteiger partial charge in [-0.1, -0.05) is 60.7 Å². The number of rotatable bonds is 4. The topological polar surface area (TPSA) is 48.1 Å². The average molecular weight is 533 g/mol. The molecule has 0 atom stereocenters. The van der Waals surface area contributed by atoms with Gasteiger partial charge in [-0.25, -0.2) is 4.79 Å². The summed E-state index contributed by atoms with van der Waals surface area (Å²) in [6, 6.07) is 21.5. The third-order valence-corrected chi connectivity index (χ3v) is 8.89. The van der Waals surface area contributed by atoms with Crippen molar-refractivity contribution in [2.45, 2.75) is 89.1 Å². The zero-order chi connectivity index (χ0) is 27.3. The molecule has 0 aromatic heterocycles.